The third-order valence-corrected chi connectivity index (χ3v) is 6.26. The van der Waals surface area contributed by atoms with Crippen molar-refractivity contribution in [3.8, 4) is 0 Å². The van der Waals surface area contributed by atoms with E-state index in [1.54, 1.807) is 7.11 Å². The first-order valence-corrected chi connectivity index (χ1v) is 9.69. The second kappa shape index (κ2) is 7.96. The van der Waals surface area contributed by atoms with Crippen LogP contribution in [0.4, 0.5) is 0 Å². The Morgan fingerprint density at radius 1 is 1.12 bits per heavy atom. The Balaban J connectivity index is 1.50. The average Bonchev–Trinajstić information content (AvgIpc) is 3.38. The van der Waals surface area contributed by atoms with Crippen molar-refractivity contribution < 1.29 is 4.74 Å². The smallest absolute Gasteiger partial charge is 0.191 e. The average molecular weight is 364 g/mol. The van der Waals surface area contributed by atoms with Crippen LogP contribution in [0.3, 0.4) is 0 Å². The van der Waals surface area contributed by atoms with Gasteiger partial charge in [-0.15, -0.1) is 0 Å². The lowest BCUT2D eigenvalue weighted by atomic mass is 9.67. The molecule has 2 N–H and O–H groups in total. The van der Waals surface area contributed by atoms with Crippen molar-refractivity contribution in [1.29, 1.82) is 0 Å². The molecule has 2 fully saturated rings. The normalized spacial score (nSPS) is 20.7. The molecule has 0 bridgehead atoms. The Hall–Kier alpha value is -1.26. The van der Waals surface area contributed by atoms with Crippen LogP contribution in [0.5, 0.6) is 0 Å². The summed E-state index contributed by atoms with van der Waals surface area (Å²) in [6.45, 7) is 2.73. The predicted molar refractivity (Wildman–Crippen MR) is 105 cm³/mol. The van der Waals surface area contributed by atoms with Crippen LogP contribution in [0, 0.1) is 5.41 Å². The van der Waals surface area contributed by atoms with Gasteiger partial charge < -0.3 is 15.4 Å². The highest BCUT2D eigenvalue weighted by molar-refractivity contribution is 6.30. The molecule has 0 amide bonds. The largest absolute Gasteiger partial charge is 0.385 e. The Morgan fingerprint density at radius 2 is 1.80 bits per heavy atom. The van der Waals surface area contributed by atoms with E-state index in [1.165, 1.54) is 37.7 Å². The highest BCUT2D eigenvalue weighted by Gasteiger charge is 2.44. The molecule has 1 aromatic carbocycles. The zero-order valence-electron chi connectivity index (χ0n) is 15.4. The minimum absolute atomic E-state index is 0.242. The fourth-order valence-corrected chi connectivity index (χ4v) is 3.90. The van der Waals surface area contributed by atoms with E-state index >= 15 is 0 Å². The summed E-state index contributed by atoms with van der Waals surface area (Å²) < 4.78 is 5.28. The second-order valence-electron chi connectivity index (χ2n) is 7.66. The van der Waals surface area contributed by atoms with Gasteiger partial charge in [-0.3, -0.25) is 4.99 Å². The number of rotatable bonds is 8. The van der Waals surface area contributed by atoms with E-state index in [1.807, 2.05) is 19.2 Å². The maximum Gasteiger partial charge on any atom is 0.191 e. The summed E-state index contributed by atoms with van der Waals surface area (Å²) in [5.74, 6) is 0.906. The predicted octanol–water partition coefficient (Wildman–Crippen LogP) is 3.74. The first kappa shape index (κ1) is 18.5. The Morgan fingerprint density at radius 3 is 2.32 bits per heavy atom. The van der Waals surface area contributed by atoms with E-state index in [0.717, 1.165) is 37.1 Å². The van der Waals surface area contributed by atoms with E-state index in [2.05, 4.69) is 27.8 Å². The van der Waals surface area contributed by atoms with Gasteiger partial charge in [-0.05, 0) is 55.2 Å². The van der Waals surface area contributed by atoms with Crippen LogP contribution >= 0.6 is 11.6 Å². The number of ether oxygens (including phenoxy) is 1. The molecular formula is C20H30ClN3O. The summed E-state index contributed by atoms with van der Waals surface area (Å²) in [4.78, 5) is 4.41. The maximum atomic E-state index is 6.02. The molecule has 0 unspecified atom stereocenters. The topological polar surface area (TPSA) is 45.7 Å². The van der Waals surface area contributed by atoms with Crippen molar-refractivity contribution in [1.82, 2.24) is 10.6 Å². The summed E-state index contributed by atoms with van der Waals surface area (Å²) >= 11 is 6.02. The van der Waals surface area contributed by atoms with Gasteiger partial charge >= 0.3 is 0 Å². The van der Waals surface area contributed by atoms with Gasteiger partial charge in [0.2, 0.25) is 0 Å². The number of hydrogen-bond acceptors (Lipinski definition) is 2. The summed E-state index contributed by atoms with van der Waals surface area (Å²) in [6.07, 6.45) is 7.47. The van der Waals surface area contributed by atoms with E-state index in [0.29, 0.717) is 5.41 Å². The van der Waals surface area contributed by atoms with Crippen LogP contribution in [0.25, 0.3) is 0 Å². The lowest BCUT2D eigenvalue weighted by Gasteiger charge is -2.42. The van der Waals surface area contributed by atoms with Crippen LogP contribution in [-0.4, -0.2) is 39.8 Å². The highest BCUT2D eigenvalue weighted by atomic mass is 35.5. The standard InChI is InChI=1S/C20H30ClN3O/c1-22-18(23-14-19(8-3-9-19)12-13-25-2)24-15-20(10-11-20)16-4-6-17(21)7-5-16/h4-7H,3,8-15H2,1-2H3,(H2,22,23,24). The maximum absolute atomic E-state index is 6.02. The van der Waals surface area contributed by atoms with Crippen molar-refractivity contribution in [2.75, 3.05) is 33.9 Å². The third-order valence-electron chi connectivity index (χ3n) is 6.01. The van der Waals surface area contributed by atoms with Crippen LogP contribution in [-0.2, 0) is 10.2 Å². The molecule has 138 valence electrons. The van der Waals surface area contributed by atoms with Crippen molar-refractivity contribution in [3.05, 3.63) is 34.9 Å². The highest BCUT2D eigenvalue weighted by Crippen LogP contribution is 2.47. The minimum atomic E-state index is 0.242. The van der Waals surface area contributed by atoms with Gasteiger partial charge in [0.25, 0.3) is 0 Å². The zero-order valence-corrected chi connectivity index (χ0v) is 16.2. The third kappa shape index (κ3) is 4.48. The molecule has 2 aliphatic rings. The number of benzene rings is 1. The first-order chi connectivity index (χ1) is 12.1. The fourth-order valence-electron chi connectivity index (χ4n) is 3.78. The summed E-state index contributed by atoms with van der Waals surface area (Å²) in [5, 5.41) is 7.88. The van der Waals surface area contributed by atoms with Gasteiger partial charge in [0.05, 0.1) is 0 Å². The lowest BCUT2D eigenvalue weighted by molar-refractivity contribution is 0.0732. The lowest BCUT2D eigenvalue weighted by Crippen LogP contribution is -2.48. The van der Waals surface area contributed by atoms with Crippen molar-refractivity contribution >= 4 is 17.6 Å². The van der Waals surface area contributed by atoms with Crippen LogP contribution < -0.4 is 10.6 Å². The molecule has 0 spiro atoms. The molecule has 0 aliphatic heterocycles. The molecule has 4 nitrogen and oxygen atoms in total. The van der Waals surface area contributed by atoms with Crippen molar-refractivity contribution in [3.63, 3.8) is 0 Å². The van der Waals surface area contributed by atoms with Gasteiger partial charge in [0.15, 0.2) is 5.96 Å². The van der Waals surface area contributed by atoms with Crippen molar-refractivity contribution in [2.24, 2.45) is 10.4 Å². The number of hydrogen-bond donors (Lipinski definition) is 2. The van der Waals surface area contributed by atoms with Crippen LogP contribution in [0.15, 0.2) is 29.3 Å². The Kier molecular flexibility index (Phi) is 5.90. The molecule has 25 heavy (non-hydrogen) atoms. The van der Waals surface area contributed by atoms with Gasteiger partial charge in [-0.2, -0.15) is 0 Å². The van der Waals surface area contributed by atoms with Crippen LogP contribution in [0.2, 0.25) is 5.02 Å². The fraction of sp³-hybridized carbons (Fsp3) is 0.650. The Bertz CT molecular complexity index is 591. The SMILES string of the molecule is CN=C(NCC1(CCOC)CCC1)NCC1(c2ccc(Cl)cc2)CC1. The summed E-state index contributed by atoms with van der Waals surface area (Å²) in [5.41, 5.74) is 2.00. The molecule has 1 aromatic rings. The minimum Gasteiger partial charge on any atom is -0.385 e. The summed E-state index contributed by atoms with van der Waals surface area (Å²) in [7, 11) is 3.63. The van der Waals surface area contributed by atoms with E-state index < -0.39 is 0 Å². The van der Waals surface area contributed by atoms with Gasteiger partial charge in [-0.25, -0.2) is 0 Å². The first-order valence-electron chi connectivity index (χ1n) is 9.31. The second-order valence-corrected chi connectivity index (χ2v) is 8.10. The number of nitrogens with one attached hydrogen (secondary N) is 2. The van der Waals surface area contributed by atoms with E-state index in [9.17, 15) is 0 Å². The monoisotopic (exact) mass is 363 g/mol. The number of guanidine groups is 1. The number of nitrogens with zero attached hydrogens (tertiary/aromatic N) is 1. The zero-order chi connectivity index (χ0) is 17.8. The van der Waals surface area contributed by atoms with Gasteiger partial charge in [-0.1, -0.05) is 30.2 Å². The molecule has 0 saturated heterocycles. The van der Waals surface area contributed by atoms with Gasteiger partial charge in [0, 0.05) is 44.3 Å². The molecule has 2 aliphatic carbocycles. The molecule has 3 rings (SSSR count). The molecule has 0 radical (unpaired) electrons. The number of halogens is 1. The molecule has 0 aromatic heterocycles. The molecule has 0 heterocycles. The Labute approximate surface area is 156 Å². The molecule has 2 saturated carbocycles. The van der Waals surface area contributed by atoms with E-state index in [4.69, 9.17) is 16.3 Å². The number of aliphatic imine (C=N–C) groups is 1. The van der Waals surface area contributed by atoms with Gasteiger partial charge in [0.1, 0.15) is 0 Å². The van der Waals surface area contributed by atoms with E-state index in [-0.39, 0.29) is 5.41 Å². The summed E-state index contributed by atoms with van der Waals surface area (Å²) in [6, 6.07) is 8.28. The number of methoxy groups -OCH3 is 1. The van der Waals surface area contributed by atoms with Crippen molar-refractivity contribution in [2.45, 2.75) is 43.9 Å². The quantitative estimate of drug-likeness (QED) is 0.546. The molecule has 5 heteroatoms. The molecular weight excluding hydrogens is 334 g/mol. The van der Waals surface area contributed by atoms with Crippen LogP contribution in [0.1, 0.15) is 44.1 Å². The molecule has 0 atom stereocenters.